The largest absolute Gasteiger partial charge is 0.356 e. The summed E-state index contributed by atoms with van der Waals surface area (Å²) in [6, 6.07) is -0.621. The monoisotopic (exact) mass is 268 g/mol. The Kier molecular flexibility index (Phi) is 2.84. The van der Waals surface area contributed by atoms with Gasteiger partial charge in [0.15, 0.2) is 5.11 Å². The van der Waals surface area contributed by atoms with E-state index in [4.69, 9.17) is 18.0 Å². The minimum atomic E-state index is -0.621. The Morgan fingerprint density at radius 3 is 2.00 bits per heavy atom. The van der Waals surface area contributed by atoms with Crippen molar-refractivity contribution < 1.29 is 4.79 Å². The summed E-state index contributed by atoms with van der Waals surface area (Å²) in [6.07, 6.45) is 7.87. The van der Waals surface area contributed by atoms with Gasteiger partial charge in [-0.1, -0.05) is 0 Å². The van der Waals surface area contributed by atoms with Crippen molar-refractivity contribution in [3.05, 3.63) is 0 Å². The van der Waals surface area contributed by atoms with E-state index in [0.29, 0.717) is 5.11 Å². The maximum Gasteiger partial charge on any atom is 0.330 e. The summed E-state index contributed by atoms with van der Waals surface area (Å²) in [5, 5.41) is 3.91. The Hall–Kier alpha value is -1.04. The summed E-state index contributed by atoms with van der Waals surface area (Å²) in [5.74, 6) is 2.61. The third-order valence-electron chi connectivity index (χ3n) is 4.72. The Bertz CT molecular complexity index is 349. The van der Waals surface area contributed by atoms with Crippen molar-refractivity contribution in [3.8, 4) is 0 Å². The van der Waals surface area contributed by atoms with Gasteiger partial charge in [-0.2, -0.15) is 0 Å². The Labute approximate surface area is 112 Å². The molecule has 4 fully saturated rings. The number of urea groups is 1. The zero-order valence-electron chi connectivity index (χ0n) is 10.4. The van der Waals surface area contributed by atoms with Crippen LogP contribution in [0.4, 0.5) is 4.79 Å². The van der Waals surface area contributed by atoms with Gasteiger partial charge in [0, 0.05) is 5.54 Å². The summed E-state index contributed by atoms with van der Waals surface area (Å²) in [7, 11) is 0. The van der Waals surface area contributed by atoms with Crippen molar-refractivity contribution in [3.63, 3.8) is 0 Å². The van der Waals surface area contributed by atoms with Gasteiger partial charge in [-0.25, -0.2) is 10.2 Å². The molecule has 18 heavy (non-hydrogen) atoms. The van der Waals surface area contributed by atoms with E-state index in [2.05, 4.69) is 16.2 Å². The summed E-state index contributed by atoms with van der Waals surface area (Å²) >= 11 is 5.22. The van der Waals surface area contributed by atoms with Crippen molar-refractivity contribution in [1.82, 2.24) is 16.2 Å². The highest BCUT2D eigenvalue weighted by Crippen LogP contribution is 2.55. The summed E-state index contributed by atoms with van der Waals surface area (Å²) in [4.78, 5) is 10.6. The Balaban J connectivity index is 1.61. The second-order valence-corrected chi connectivity index (χ2v) is 6.67. The molecular weight excluding hydrogens is 248 g/mol. The number of thiocarbonyl (C=S) groups is 1. The van der Waals surface area contributed by atoms with Gasteiger partial charge in [-0.05, 0) is 68.5 Å². The van der Waals surface area contributed by atoms with Crippen LogP contribution < -0.4 is 21.9 Å². The Morgan fingerprint density at radius 2 is 1.56 bits per heavy atom. The molecule has 5 N–H and O–H groups in total. The molecule has 0 aromatic rings. The van der Waals surface area contributed by atoms with Gasteiger partial charge in [-0.15, -0.1) is 0 Å². The number of rotatable bonds is 1. The molecule has 0 aromatic carbocycles. The number of carbonyl (C=O) groups excluding carboxylic acids is 1. The van der Waals surface area contributed by atoms with E-state index in [-0.39, 0.29) is 5.54 Å². The minimum Gasteiger partial charge on any atom is -0.356 e. The molecule has 6 heteroatoms. The maximum absolute atomic E-state index is 10.6. The highest BCUT2D eigenvalue weighted by atomic mass is 32.1. The molecule has 100 valence electrons. The smallest absolute Gasteiger partial charge is 0.330 e. The van der Waals surface area contributed by atoms with Gasteiger partial charge in [0.1, 0.15) is 0 Å². The quantitative estimate of drug-likeness (QED) is 0.422. The predicted molar refractivity (Wildman–Crippen MR) is 72.5 cm³/mol. The maximum atomic E-state index is 10.6. The zero-order valence-corrected chi connectivity index (χ0v) is 11.2. The van der Waals surface area contributed by atoms with E-state index in [1.807, 2.05) is 0 Å². The molecule has 0 aliphatic heterocycles. The summed E-state index contributed by atoms with van der Waals surface area (Å²) in [6.45, 7) is 0. The van der Waals surface area contributed by atoms with Gasteiger partial charge < -0.3 is 11.1 Å². The fourth-order valence-corrected chi connectivity index (χ4v) is 4.92. The molecule has 4 bridgehead atoms. The van der Waals surface area contributed by atoms with Crippen LogP contribution in [-0.2, 0) is 0 Å². The van der Waals surface area contributed by atoms with Crippen LogP contribution >= 0.6 is 12.2 Å². The molecular formula is C12H20N4OS. The predicted octanol–water partition coefficient (Wildman–Crippen LogP) is 1.00. The number of hydrogen-bond donors (Lipinski definition) is 4. The fourth-order valence-electron chi connectivity index (χ4n) is 4.65. The van der Waals surface area contributed by atoms with E-state index in [0.717, 1.165) is 17.8 Å². The number of hydrogen-bond acceptors (Lipinski definition) is 2. The van der Waals surface area contributed by atoms with E-state index in [1.54, 1.807) is 0 Å². The first-order valence-electron chi connectivity index (χ1n) is 6.68. The van der Waals surface area contributed by atoms with Crippen molar-refractivity contribution in [2.75, 3.05) is 0 Å². The Morgan fingerprint density at radius 1 is 1.06 bits per heavy atom. The summed E-state index contributed by atoms with van der Waals surface area (Å²) < 4.78 is 0. The molecule has 0 saturated heterocycles. The van der Waals surface area contributed by atoms with Crippen LogP contribution in [0.15, 0.2) is 0 Å². The van der Waals surface area contributed by atoms with Crippen LogP contribution in [0.25, 0.3) is 0 Å². The average molecular weight is 268 g/mol. The molecule has 2 amide bonds. The number of carbonyl (C=O) groups is 1. The first-order chi connectivity index (χ1) is 8.55. The number of nitrogens with two attached hydrogens (primary N) is 1. The van der Waals surface area contributed by atoms with Crippen LogP contribution in [0.1, 0.15) is 38.5 Å². The van der Waals surface area contributed by atoms with E-state index < -0.39 is 6.03 Å². The van der Waals surface area contributed by atoms with Crippen molar-refractivity contribution in [2.45, 2.75) is 44.1 Å². The highest BCUT2D eigenvalue weighted by molar-refractivity contribution is 7.80. The van der Waals surface area contributed by atoms with E-state index in [9.17, 15) is 4.79 Å². The first-order valence-corrected chi connectivity index (χ1v) is 7.09. The van der Waals surface area contributed by atoms with Crippen LogP contribution in [0.3, 0.4) is 0 Å². The fraction of sp³-hybridized carbons (Fsp3) is 0.833. The standard InChI is InChI=1S/C12H20N4OS/c13-10(17)15-16-11(18)14-12-4-7-1-8(5-12)3-9(2-7)6-12/h7-9H,1-6H2,(H3,13,15,17)(H2,14,16,18). The van der Waals surface area contributed by atoms with Gasteiger partial charge in [0.05, 0.1) is 0 Å². The molecule has 4 rings (SSSR count). The van der Waals surface area contributed by atoms with Crippen LogP contribution in [0.5, 0.6) is 0 Å². The number of amides is 2. The lowest BCUT2D eigenvalue weighted by Gasteiger charge is -2.57. The molecule has 0 atom stereocenters. The molecule has 0 spiro atoms. The third kappa shape index (κ3) is 2.25. The molecule has 4 saturated carbocycles. The van der Waals surface area contributed by atoms with Gasteiger partial charge in [0.2, 0.25) is 0 Å². The number of primary amides is 1. The highest BCUT2D eigenvalue weighted by Gasteiger charge is 2.51. The summed E-state index contributed by atoms with van der Waals surface area (Å²) in [5.41, 5.74) is 10.1. The minimum absolute atomic E-state index is 0.165. The van der Waals surface area contributed by atoms with Gasteiger partial charge >= 0.3 is 6.03 Å². The molecule has 4 aliphatic carbocycles. The lowest BCUT2D eigenvalue weighted by Crippen LogP contribution is -2.63. The SMILES string of the molecule is NC(=O)NNC(=S)NC12CC3CC(CC(C3)C1)C2. The number of nitrogens with one attached hydrogen (secondary N) is 3. The second-order valence-electron chi connectivity index (χ2n) is 6.27. The molecule has 4 aliphatic rings. The molecule has 0 aromatic heterocycles. The lowest BCUT2D eigenvalue weighted by atomic mass is 9.53. The second kappa shape index (κ2) is 4.26. The van der Waals surface area contributed by atoms with E-state index in [1.165, 1.54) is 38.5 Å². The number of hydrazine groups is 1. The molecule has 0 radical (unpaired) electrons. The van der Waals surface area contributed by atoms with Gasteiger partial charge in [-0.3, -0.25) is 5.43 Å². The molecule has 0 unspecified atom stereocenters. The van der Waals surface area contributed by atoms with Crippen LogP contribution in [0, 0.1) is 17.8 Å². The van der Waals surface area contributed by atoms with Crippen LogP contribution in [-0.4, -0.2) is 16.7 Å². The molecule has 0 heterocycles. The third-order valence-corrected chi connectivity index (χ3v) is 4.92. The van der Waals surface area contributed by atoms with Crippen molar-refractivity contribution in [2.24, 2.45) is 23.5 Å². The van der Waals surface area contributed by atoms with E-state index >= 15 is 0 Å². The topological polar surface area (TPSA) is 79.2 Å². The first kappa shape index (κ1) is 12.0. The van der Waals surface area contributed by atoms with Crippen molar-refractivity contribution in [1.29, 1.82) is 0 Å². The zero-order chi connectivity index (χ0) is 12.8. The lowest BCUT2D eigenvalue weighted by molar-refractivity contribution is -0.0102. The average Bonchev–Trinajstić information content (AvgIpc) is 2.23. The normalized spacial score (nSPS) is 40.3. The van der Waals surface area contributed by atoms with Crippen LogP contribution in [0.2, 0.25) is 0 Å². The van der Waals surface area contributed by atoms with Gasteiger partial charge in [0.25, 0.3) is 0 Å². The van der Waals surface area contributed by atoms with Crippen molar-refractivity contribution >= 4 is 23.4 Å². The molecule has 5 nitrogen and oxygen atoms in total.